The largest absolute Gasteiger partial charge is 0.423 e. The van der Waals surface area contributed by atoms with E-state index in [1.54, 1.807) is 12.1 Å². The van der Waals surface area contributed by atoms with Gasteiger partial charge in [-0.3, -0.25) is 14.4 Å². The number of hydrogen-bond acceptors (Lipinski definition) is 5. The number of benzene rings is 2. The van der Waals surface area contributed by atoms with E-state index in [0.29, 0.717) is 16.8 Å². The summed E-state index contributed by atoms with van der Waals surface area (Å²) in [7, 11) is 0. The highest BCUT2D eigenvalue weighted by Gasteiger charge is 2.26. The van der Waals surface area contributed by atoms with Gasteiger partial charge in [0.05, 0.1) is 5.69 Å². The van der Waals surface area contributed by atoms with Crippen molar-refractivity contribution in [2.45, 2.75) is 13.8 Å². The van der Waals surface area contributed by atoms with Crippen LogP contribution in [-0.2, 0) is 14.4 Å². The molecule has 1 heterocycles. The molecule has 1 N–H and O–H groups in total. The van der Waals surface area contributed by atoms with Crippen molar-refractivity contribution in [1.29, 1.82) is 0 Å². The Bertz CT molecular complexity index is 1010. The fourth-order valence-corrected chi connectivity index (χ4v) is 3.94. The molecule has 2 aromatic carbocycles. The zero-order valence-electron chi connectivity index (χ0n) is 14.3. The van der Waals surface area contributed by atoms with Crippen molar-refractivity contribution < 1.29 is 23.9 Å². The second-order valence-electron chi connectivity index (χ2n) is 5.72. The van der Waals surface area contributed by atoms with Crippen LogP contribution >= 0.6 is 31.9 Å². The van der Waals surface area contributed by atoms with Crippen LogP contribution in [0.15, 0.2) is 39.3 Å². The van der Waals surface area contributed by atoms with Crippen molar-refractivity contribution in [1.82, 2.24) is 0 Å². The molecule has 0 saturated carbocycles. The number of nitrogens with one attached hydrogen (secondary N) is 1. The van der Waals surface area contributed by atoms with Crippen LogP contribution < -0.4 is 14.8 Å². The van der Waals surface area contributed by atoms with Crippen molar-refractivity contribution in [3.05, 3.63) is 50.4 Å². The summed E-state index contributed by atoms with van der Waals surface area (Å²) in [5.41, 5.74) is 2.49. The van der Waals surface area contributed by atoms with Gasteiger partial charge in [-0.25, -0.2) is 0 Å². The Morgan fingerprint density at radius 1 is 1.00 bits per heavy atom. The average molecular weight is 495 g/mol. The van der Waals surface area contributed by atoms with Crippen molar-refractivity contribution in [3.63, 3.8) is 0 Å². The summed E-state index contributed by atoms with van der Waals surface area (Å²) >= 11 is 6.85. The van der Waals surface area contributed by atoms with Gasteiger partial charge in [0.15, 0.2) is 11.5 Å². The highest BCUT2D eigenvalue weighted by molar-refractivity contribution is 9.11. The first-order valence-electron chi connectivity index (χ1n) is 7.78. The molecule has 1 aliphatic rings. The van der Waals surface area contributed by atoms with Gasteiger partial charge >= 0.3 is 11.9 Å². The third-order valence-corrected chi connectivity index (χ3v) is 4.70. The van der Waals surface area contributed by atoms with Gasteiger partial charge < -0.3 is 14.8 Å². The van der Waals surface area contributed by atoms with E-state index in [-0.39, 0.29) is 17.4 Å². The summed E-state index contributed by atoms with van der Waals surface area (Å²) in [6.07, 6.45) is 1.67. The molecule has 6 nitrogen and oxygen atoms in total. The van der Waals surface area contributed by atoms with Crippen molar-refractivity contribution >= 4 is 67.0 Å². The number of carbonyl (C=O) groups excluding carboxylic acids is 3. The second-order valence-corrected chi connectivity index (χ2v) is 7.49. The van der Waals surface area contributed by atoms with E-state index in [4.69, 9.17) is 9.47 Å². The summed E-state index contributed by atoms with van der Waals surface area (Å²) in [5, 5.41) is 2.82. The number of fused-ring (bicyclic) bond motifs is 1. The van der Waals surface area contributed by atoms with Crippen molar-refractivity contribution in [3.8, 4) is 11.5 Å². The maximum atomic E-state index is 12.4. The van der Waals surface area contributed by atoms with Gasteiger partial charge in [0.2, 0.25) is 0 Å². The molecule has 0 unspecified atom stereocenters. The zero-order valence-corrected chi connectivity index (χ0v) is 17.4. The monoisotopic (exact) mass is 493 g/mol. The molecule has 0 atom stereocenters. The Morgan fingerprint density at radius 3 is 2.33 bits per heavy atom. The van der Waals surface area contributed by atoms with Crippen LogP contribution in [0.1, 0.15) is 25.0 Å². The van der Waals surface area contributed by atoms with E-state index in [0.717, 1.165) is 14.5 Å². The summed E-state index contributed by atoms with van der Waals surface area (Å²) < 4.78 is 11.8. The van der Waals surface area contributed by atoms with Crippen molar-refractivity contribution in [2.24, 2.45) is 0 Å². The number of rotatable bonds is 3. The molecule has 0 aliphatic carbocycles. The van der Waals surface area contributed by atoms with Crippen LogP contribution in [0, 0.1) is 0 Å². The standard InChI is InChI=1S/C19H13Br2NO5/c1-9(23)26-16-4-3-11(6-17(16)27-10(2)24)5-14-13-7-12(20)8-15(21)18(13)22-19(14)25/h3-8H,1-2H3,(H,22,25). The molecular weight excluding hydrogens is 482 g/mol. The molecule has 138 valence electrons. The lowest BCUT2D eigenvalue weighted by Crippen LogP contribution is -2.07. The highest BCUT2D eigenvalue weighted by atomic mass is 79.9. The molecule has 1 amide bonds. The molecule has 0 saturated heterocycles. The van der Waals surface area contributed by atoms with Gasteiger partial charge in [-0.15, -0.1) is 0 Å². The molecule has 0 fully saturated rings. The summed E-state index contributed by atoms with van der Waals surface area (Å²) in [4.78, 5) is 35.0. The van der Waals surface area contributed by atoms with E-state index in [2.05, 4.69) is 37.2 Å². The normalized spacial score (nSPS) is 13.9. The Balaban J connectivity index is 2.06. The van der Waals surface area contributed by atoms with E-state index in [1.165, 1.54) is 26.0 Å². The predicted octanol–water partition coefficient (Wildman–Crippen LogP) is 4.55. The van der Waals surface area contributed by atoms with Gasteiger partial charge in [0, 0.05) is 33.9 Å². The molecule has 2 aromatic rings. The van der Waals surface area contributed by atoms with Crippen molar-refractivity contribution in [2.75, 3.05) is 5.32 Å². The van der Waals surface area contributed by atoms with Crippen LogP contribution in [-0.4, -0.2) is 17.8 Å². The lowest BCUT2D eigenvalue weighted by molar-refractivity contribution is -0.134. The van der Waals surface area contributed by atoms with Crippen LogP contribution in [0.5, 0.6) is 11.5 Å². The Kier molecular flexibility index (Phi) is 5.48. The quantitative estimate of drug-likeness (QED) is 0.384. The maximum absolute atomic E-state index is 12.4. The van der Waals surface area contributed by atoms with E-state index in [1.807, 2.05) is 12.1 Å². The van der Waals surface area contributed by atoms with Gasteiger partial charge in [-0.2, -0.15) is 0 Å². The highest BCUT2D eigenvalue weighted by Crippen LogP contribution is 2.41. The van der Waals surface area contributed by atoms with Gasteiger partial charge in [-0.1, -0.05) is 22.0 Å². The molecule has 8 heteroatoms. The molecule has 0 radical (unpaired) electrons. The lowest BCUT2D eigenvalue weighted by atomic mass is 10.0. The number of hydrogen-bond donors (Lipinski definition) is 1. The molecule has 0 spiro atoms. The predicted molar refractivity (Wildman–Crippen MR) is 107 cm³/mol. The Morgan fingerprint density at radius 2 is 1.67 bits per heavy atom. The molecule has 27 heavy (non-hydrogen) atoms. The average Bonchev–Trinajstić information content (AvgIpc) is 2.86. The number of halogens is 2. The van der Waals surface area contributed by atoms with Crippen LogP contribution in [0.3, 0.4) is 0 Å². The first kappa shape index (κ1) is 19.3. The molecule has 0 bridgehead atoms. The third kappa shape index (κ3) is 4.28. The Labute approximate surface area is 171 Å². The number of amides is 1. The number of esters is 2. The summed E-state index contributed by atoms with van der Waals surface area (Å²) in [6.45, 7) is 2.50. The second kappa shape index (κ2) is 7.66. The third-order valence-electron chi connectivity index (χ3n) is 3.61. The summed E-state index contributed by atoms with van der Waals surface area (Å²) in [5.74, 6) is -1.11. The molecule has 0 aromatic heterocycles. The zero-order chi connectivity index (χ0) is 19.7. The molecular formula is C19H13Br2NO5. The number of ether oxygens (including phenoxy) is 2. The summed E-state index contributed by atoms with van der Waals surface area (Å²) in [6, 6.07) is 8.39. The number of anilines is 1. The van der Waals surface area contributed by atoms with E-state index >= 15 is 0 Å². The smallest absolute Gasteiger partial charge is 0.308 e. The first-order chi connectivity index (χ1) is 12.7. The minimum absolute atomic E-state index is 0.0982. The van der Waals surface area contributed by atoms with Crippen LogP contribution in [0.4, 0.5) is 5.69 Å². The van der Waals surface area contributed by atoms with E-state index < -0.39 is 11.9 Å². The number of carbonyl (C=O) groups is 3. The molecule has 3 rings (SSSR count). The van der Waals surface area contributed by atoms with Crippen LogP contribution in [0.2, 0.25) is 0 Å². The fourth-order valence-electron chi connectivity index (χ4n) is 2.61. The minimum Gasteiger partial charge on any atom is -0.423 e. The van der Waals surface area contributed by atoms with Gasteiger partial charge in [0.25, 0.3) is 5.91 Å². The van der Waals surface area contributed by atoms with E-state index in [9.17, 15) is 14.4 Å². The Hall–Kier alpha value is -2.45. The first-order valence-corrected chi connectivity index (χ1v) is 9.36. The minimum atomic E-state index is -0.551. The van der Waals surface area contributed by atoms with Gasteiger partial charge in [-0.05, 0) is 51.8 Å². The maximum Gasteiger partial charge on any atom is 0.308 e. The fraction of sp³-hybridized carbons (Fsp3) is 0.105. The SMILES string of the molecule is CC(=O)Oc1ccc(C=C2C(=O)Nc3c(Br)cc(Br)cc32)cc1OC(C)=O. The topological polar surface area (TPSA) is 81.7 Å². The lowest BCUT2D eigenvalue weighted by Gasteiger charge is -2.09. The van der Waals surface area contributed by atoms with Crippen LogP contribution in [0.25, 0.3) is 11.6 Å². The molecule has 1 aliphatic heterocycles. The van der Waals surface area contributed by atoms with Gasteiger partial charge in [0.1, 0.15) is 0 Å².